The molecule has 0 aliphatic heterocycles. The fourth-order valence-electron chi connectivity index (χ4n) is 3.48. The molecular weight excluding hydrogens is 412 g/mol. The first-order valence-corrected chi connectivity index (χ1v) is 9.89. The molecule has 31 heavy (non-hydrogen) atoms. The normalized spacial score (nSPS) is 11.5. The van der Waals surface area contributed by atoms with Crippen molar-refractivity contribution in [3.05, 3.63) is 89.4 Å². The van der Waals surface area contributed by atoms with Gasteiger partial charge >= 0.3 is 0 Å². The van der Waals surface area contributed by atoms with Gasteiger partial charge in [0.05, 0.1) is 22.3 Å². The summed E-state index contributed by atoms with van der Waals surface area (Å²) in [6.07, 6.45) is 0. The summed E-state index contributed by atoms with van der Waals surface area (Å²) < 4.78 is 0. The molecular formula is C24H15ClN4O2. The predicted octanol–water partition coefficient (Wildman–Crippen LogP) is 6.67. The Labute approximate surface area is 181 Å². The maximum atomic E-state index is 13.0. The zero-order valence-electron chi connectivity index (χ0n) is 16.1. The van der Waals surface area contributed by atoms with Gasteiger partial charge in [-0.25, -0.2) is 4.98 Å². The van der Waals surface area contributed by atoms with Crippen molar-refractivity contribution in [2.75, 3.05) is 0 Å². The van der Waals surface area contributed by atoms with Gasteiger partial charge in [-0.15, -0.1) is 10.2 Å². The topological polar surface area (TPSA) is 90.7 Å². The molecule has 0 saturated carbocycles. The largest absolute Gasteiger partial charge is 0.493 e. The van der Waals surface area contributed by atoms with E-state index in [1.165, 1.54) is 0 Å². The van der Waals surface area contributed by atoms with E-state index in [4.69, 9.17) is 11.6 Å². The van der Waals surface area contributed by atoms with E-state index >= 15 is 0 Å². The summed E-state index contributed by atoms with van der Waals surface area (Å²) >= 11 is 6.00. The Kier molecular flexibility index (Phi) is 4.69. The molecule has 7 heteroatoms. The fourth-order valence-corrected chi connectivity index (χ4v) is 3.61. The van der Waals surface area contributed by atoms with Crippen molar-refractivity contribution in [3.63, 3.8) is 0 Å². The maximum absolute atomic E-state index is 13.0. The van der Waals surface area contributed by atoms with Crippen LogP contribution in [-0.4, -0.2) is 21.0 Å². The Bertz CT molecular complexity index is 1470. The monoisotopic (exact) mass is 426 g/mol. The van der Waals surface area contributed by atoms with Crippen LogP contribution in [0, 0.1) is 0 Å². The number of hydrogen-bond donors (Lipinski definition) is 2. The molecule has 2 heterocycles. The van der Waals surface area contributed by atoms with Gasteiger partial charge < -0.3 is 10.1 Å². The molecule has 150 valence electrons. The molecule has 3 aromatic carbocycles. The van der Waals surface area contributed by atoms with Crippen LogP contribution in [0.1, 0.15) is 10.4 Å². The van der Waals surface area contributed by atoms with E-state index in [1.807, 2.05) is 54.6 Å². The first-order valence-electron chi connectivity index (χ1n) is 9.51. The summed E-state index contributed by atoms with van der Waals surface area (Å²) in [4.78, 5) is 20.5. The minimum Gasteiger partial charge on any atom is -0.493 e. The molecule has 0 saturated heterocycles. The summed E-state index contributed by atoms with van der Waals surface area (Å²) in [5, 5.41) is 20.1. The molecule has 0 radical (unpaired) electrons. The molecule has 5 aromatic rings. The van der Waals surface area contributed by atoms with Gasteiger partial charge in [-0.1, -0.05) is 60.1 Å². The number of nitrogens with zero attached hydrogens (tertiary/aromatic N) is 3. The number of azo groups is 1. The Morgan fingerprint density at radius 2 is 1.65 bits per heavy atom. The predicted molar refractivity (Wildman–Crippen MR) is 121 cm³/mol. The van der Waals surface area contributed by atoms with Gasteiger partial charge in [0.1, 0.15) is 0 Å². The highest BCUT2D eigenvalue weighted by Crippen LogP contribution is 2.35. The Balaban J connectivity index is 1.60. The number of rotatable bonds is 3. The zero-order valence-corrected chi connectivity index (χ0v) is 16.8. The number of fused-ring (bicyclic) bond motifs is 2. The molecule has 0 aliphatic carbocycles. The van der Waals surface area contributed by atoms with Crippen molar-refractivity contribution in [1.29, 1.82) is 0 Å². The van der Waals surface area contributed by atoms with Crippen molar-refractivity contribution in [2.24, 2.45) is 10.2 Å². The van der Waals surface area contributed by atoms with Crippen LogP contribution in [0.4, 0.5) is 5.69 Å². The quantitative estimate of drug-likeness (QED) is 0.316. The van der Waals surface area contributed by atoms with Gasteiger partial charge in [-0.3, -0.25) is 4.79 Å². The first kappa shape index (κ1) is 19.0. The number of hydrogen-bond acceptors (Lipinski definition) is 4. The fraction of sp³-hybridized carbons (Fsp3) is 0. The summed E-state index contributed by atoms with van der Waals surface area (Å²) in [5.41, 5.74) is 3.43. The van der Waals surface area contributed by atoms with Crippen molar-refractivity contribution < 1.29 is 9.90 Å². The molecule has 1 amide bonds. The third-order valence-electron chi connectivity index (χ3n) is 4.99. The number of carbonyl (C=O) groups is 1. The molecule has 0 aliphatic rings. The SMILES string of the molecule is O=C(N=Nc1c(O)[nH]c2ccccc12)c1cc(-c2ccc(Cl)cc2)nc2ccccc12. The van der Waals surface area contributed by atoms with Gasteiger partial charge in [0, 0.05) is 21.4 Å². The second-order valence-electron chi connectivity index (χ2n) is 6.95. The van der Waals surface area contributed by atoms with Gasteiger partial charge in [-0.05, 0) is 30.3 Å². The highest BCUT2D eigenvalue weighted by atomic mass is 35.5. The number of para-hydroxylation sites is 2. The summed E-state index contributed by atoms with van der Waals surface area (Å²) in [6.45, 7) is 0. The van der Waals surface area contributed by atoms with E-state index in [0.717, 1.165) is 5.56 Å². The Morgan fingerprint density at radius 3 is 2.45 bits per heavy atom. The number of nitrogens with one attached hydrogen (secondary N) is 1. The van der Waals surface area contributed by atoms with Crippen LogP contribution in [0.3, 0.4) is 0 Å². The molecule has 2 N–H and O–H groups in total. The van der Waals surface area contributed by atoms with Crippen LogP contribution in [0.25, 0.3) is 33.1 Å². The van der Waals surface area contributed by atoms with E-state index in [-0.39, 0.29) is 11.6 Å². The third kappa shape index (κ3) is 3.53. The number of aromatic nitrogens is 2. The molecule has 0 unspecified atom stereocenters. The number of aromatic amines is 1. The zero-order chi connectivity index (χ0) is 21.4. The van der Waals surface area contributed by atoms with Crippen LogP contribution >= 0.6 is 11.6 Å². The van der Waals surface area contributed by atoms with Crippen LogP contribution in [0.2, 0.25) is 5.02 Å². The molecule has 0 bridgehead atoms. The lowest BCUT2D eigenvalue weighted by molar-refractivity contribution is 0.0996. The van der Waals surface area contributed by atoms with Crippen LogP contribution in [-0.2, 0) is 0 Å². The van der Waals surface area contributed by atoms with Crippen LogP contribution in [0.5, 0.6) is 5.88 Å². The molecule has 2 aromatic heterocycles. The number of aromatic hydroxyl groups is 1. The van der Waals surface area contributed by atoms with Gasteiger partial charge in [0.15, 0.2) is 5.69 Å². The Hall–Kier alpha value is -4.03. The van der Waals surface area contributed by atoms with Crippen molar-refractivity contribution >= 4 is 45.0 Å². The highest BCUT2D eigenvalue weighted by molar-refractivity contribution is 6.30. The molecule has 0 fully saturated rings. The van der Waals surface area contributed by atoms with E-state index < -0.39 is 5.91 Å². The number of pyridine rings is 1. The number of H-pyrrole nitrogens is 1. The lowest BCUT2D eigenvalue weighted by Crippen LogP contribution is -1.98. The summed E-state index contributed by atoms with van der Waals surface area (Å²) in [6, 6.07) is 23.6. The lowest BCUT2D eigenvalue weighted by atomic mass is 10.0. The van der Waals surface area contributed by atoms with Gasteiger partial charge in [-0.2, -0.15) is 0 Å². The van der Waals surface area contributed by atoms with E-state index in [2.05, 4.69) is 20.2 Å². The molecule has 0 spiro atoms. The van der Waals surface area contributed by atoms with Crippen molar-refractivity contribution in [1.82, 2.24) is 9.97 Å². The smallest absolute Gasteiger partial charge is 0.296 e. The number of halogens is 1. The number of benzene rings is 3. The minimum atomic E-state index is -0.529. The highest BCUT2D eigenvalue weighted by Gasteiger charge is 2.15. The first-order chi connectivity index (χ1) is 15.1. The lowest BCUT2D eigenvalue weighted by Gasteiger charge is -2.07. The molecule has 5 rings (SSSR count). The van der Waals surface area contributed by atoms with E-state index in [1.54, 1.807) is 24.3 Å². The van der Waals surface area contributed by atoms with E-state index in [9.17, 15) is 9.90 Å². The average Bonchev–Trinajstić information content (AvgIpc) is 3.12. The second kappa shape index (κ2) is 7.66. The third-order valence-corrected chi connectivity index (χ3v) is 5.24. The van der Waals surface area contributed by atoms with Crippen LogP contribution < -0.4 is 0 Å². The molecule has 0 atom stereocenters. The Morgan fingerprint density at radius 1 is 0.935 bits per heavy atom. The van der Waals surface area contributed by atoms with Crippen LogP contribution in [0.15, 0.2) is 89.1 Å². The van der Waals surface area contributed by atoms with Crippen molar-refractivity contribution in [2.45, 2.75) is 0 Å². The maximum Gasteiger partial charge on any atom is 0.296 e. The average molecular weight is 427 g/mol. The minimum absolute atomic E-state index is 0.140. The number of amides is 1. The van der Waals surface area contributed by atoms with Gasteiger partial charge in [0.2, 0.25) is 5.88 Å². The van der Waals surface area contributed by atoms with Gasteiger partial charge in [0.25, 0.3) is 5.91 Å². The summed E-state index contributed by atoms with van der Waals surface area (Å²) in [7, 11) is 0. The standard InChI is InChI=1S/C24H15ClN4O2/c25-15-11-9-14(10-12-15)21-13-18(16-5-1-3-7-19(16)26-21)23(30)29-28-22-17-6-2-4-8-20(17)27-24(22)31/h1-13,27,31H. The van der Waals surface area contributed by atoms with Crippen molar-refractivity contribution in [3.8, 4) is 17.1 Å². The summed E-state index contributed by atoms with van der Waals surface area (Å²) in [5.74, 6) is -0.669. The second-order valence-corrected chi connectivity index (χ2v) is 7.39. The molecule has 6 nitrogen and oxygen atoms in total. The van der Waals surface area contributed by atoms with E-state index in [0.29, 0.717) is 38.1 Å². The number of carbonyl (C=O) groups excluding carboxylic acids is 1.